The quantitative estimate of drug-likeness (QED) is 0.869. The molecular weight excluding hydrogens is 300 g/mol. The summed E-state index contributed by atoms with van der Waals surface area (Å²) in [7, 11) is 2.16. The summed E-state index contributed by atoms with van der Waals surface area (Å²) in [6.07, 6.45) is 10.7. The summed E-state index contributed by atoms with van der Waals surface area (Å²) in [5.74, 6) is 0.881. The van der Waals surface area contributed by atoms with Crippen LogP contribution in [0.1, 0.15) is 51.0 Å². The van der Waals surface area contributed by atoms with Gasteiger partial charge in [-0.1, -0.05) is 32.3 Å². The van der Waals surface area contributed by atoms with Crippen LogP contribution in [0.2, 0.25) is 0 Å². The van der Waals surface area contributed by atoms with Crippen molar-refractivity contribution < 1.29 is 9.84 Å². The van der Waals surface area contributed by atoms with Crippen LogP contribution in [0.3, 0.4) is 0 Å². The van der Waals surface area contributed by atoms with E-state index in [0.29, 0.717) is 12.5 Å². The van der Waals surface area contributed by atoms with Gasteiger partial charge in [-0.25, -0.2) is 0 Å². The van der Waals surface area contributed by atoms with Gasteiger partial charge in [-0.05, 0) is 50.8 Å². The maximum absolute atomic E-state index is 11.6. The maximum Gasteiger partial charge on any atom is 0.117 e. The van der Waals surface area contributed by atoms with Gasteiger partial charge in [-0.15, -0.1) is 0 Å². The fourth-order valence-corrected chi connectivity index (χ4v) is 4.47. The lowest BCUT2D eigenvalue weighted by Crippen LogP contribution is -2.47. The van der Waals surface area contributed by atoms with Crippen molar-refractivity contribution in [2.75, 3.05) is 26.7 Å². The highest BCUT2D eigenvalue weighted by molar-refractivity contribution is 5.20. The molecule has 3 rings (SSSR count). The van der Waals surface area contributed by atoms with Crippen molar-refractivity contribution in [2.24, 2.45) is 11.8 Å². The topological polar surface area (TPSA) is 45.6 Å². The van der Waals surface area contributed by atoms with Crippen LogP contribution < -0.4 is 0 Å². The van der Waals surface area contributed by atoms with Gasteiger partial charge in [0.15, 0.2) is 0 Å². The highest BCUT2D eigenvalue weighted by atomic mass is 16.5. The van der Waals surface area contributed by atoms with E-state index in [4.69, 9.17) is 4.74 Å². The number of hydrogen-bond acceptors (Lipinski definition) is 4. The minimum atomic E-state index is -0.904. The van der Waals surface area contributed by atoms with E-state index < -0.39 is 5.60 Å². The highest BCUT2D eigenvalue weighted by Crippen LogP contribution is 2.41. The number of aromatic nitrogens is 1. The first-order chi connectivity index (χ1) is 11.6. The third-order valence-corrected chi connectivity index (χ3v) is 6.13. The van der Waals surface area contributed by atoms with Crippen molar-refractivity contribution in [1.82, 2.24) is 9.88 Å². The van der Waals surface area contributed by atoms with E-state index in [1.165, 1.54) is 19.3 Å². The Kier molecular flexibility index (Phi) is 5.90. The Bertz CT molecular complexity index is 504. The summed E-state index contributed by atoms with van der Waals surface area (Å²) in [4.78, 5) is 6.58. The third-order valence-electron chi connectivity index (χ3n) is 6.13. The van der Waals surface area contributed by atoms with Crippen LogP contribution in [-0.4, -0.2) is 47.8 Å². The number of aliphatic hydroxyl groups is 1. The molecule has 1 saturated carbocycles. The van der Waals surface area contributed by atoms with E-state index in [1.807, 2.05) is 18.3 Å². The minimum Gasteiger partial charge on any atom is -0.382 e. The molecule has 1 aromatic heterocycles. The van der Waals surface area contributed by atoms with Crippen LogP contribution in [0.5, 0.6) is 0 Å². The van der Waals surface area contributed by atoms with Crippen molar-refractivity contribution >= 4 is 0 Å². The number of ether oxygens (including phenoxy) is 1. The van der Waals surface area contributed by atoms with Crippen molar-refractivity contribution in [3.05, 3.63) is 30.1 Å². The lowest BCUT2D eigenvalue weighted by Gasteiger charge is -2.40. The predicted molar refractivity (Wildman–Crippen MR) is 95.7 cm³/mol. The van der Waals surface area contributed by atoms with Crippen LogP contribution in [0, 0.1) is 11.8 Å². The Morgan fingerprint density at radius 1 is 1.33 bits per heavy atom. The smallest absolute Gasteiger partial charge is 0.117 e. The Balaban J connectivity index is 1.74. The van der Waals surface area contributed by atoms with Crippen LogP contribution in [0.25, 0.3) is 0 Å². The molecule has 0 amide bonds. The first-order valence-corrected chi connectivity index (χ1v) is 9.56. The molecule has 2 fully saturated rings. The summed E-state index contributed by atoms with van der Waals surface area (Å²) < 4.78 is 6.37. The molecule has 1 N–H and O–H groups in total. The average Bonchev–Trinajstić information content (AvgIpc) is 3.16. The molecule has 0 bridgehead atoms. The summed E-state index contributed by atoms with van der Waals surface area (Å²) in [5, 5.41) is 11.6. The molecule has 3 atom stereocenters. The third kappa shape index (κ3) is 3.81. The molecule has 0 aromatic carbocycles. The summed E-state index contributed by atoms with van der Waals surface area (Å²) in [6.45, 7) is 4.75. The van der Waals surface area contributed by atoms with E-state index in [0.717, 1.165) is 37.9 Å². The van der Waals surface area contributed by atoms with E-state index in [1.54, 1.807) is 6.20 Å². The molecule has 1 aliphatic heterocycles. The average molecular weight is 332 g/mol. The number of likely N-dealkylation sites (tertiary alicyclic amines) is 1. The van der Waals surface area contributed by atoms with Gasteiger partial charge in [-0.2, -0.15) is 0 Å². The van der Waals surface area contributed by atoms with E-state index in [9.17, 15) is 5.11 Å². The molecule has 4 nitrogen and oxygen atoms in total. The van der Waals surface area contributed by atoms with Crippen LogP contribution in [0.4, 0.5) is 0 Å². The number of hydrogen-bond donors (Lipinski definition) is 1. The van der Waals surface area contributed by atoms with Crippen molar-refractivity contribution in [3.8, 4) is 0 Å². The lowest BCUT2D eigenvalue weighted by atomic mass is 9.81. The predicted octanol–water partition coefficient (Wildman–Crippen LogP) is 3.21. The van der Waals surface area contributed by atoms with Gasteiger partial charge in [0, 0.05) is 24.5 Å². The van der Waals surface area contributed by atoms with Gasteiger partial charge in [-0.3, -0.25) is 4.98 Å². The molecule has 134 valence electrons. The second-order valence-corrected chi connectivity index (χ2v) is 7.72. The molecule has 2 aliphatic rings. The van der Waals surface area contributed by atoms with Gasteiger partial charge in [0.1, 0.15) is 5.60 Å². The number of piperidine rings is 1. The Morgan fingerprint density at radius 2 is 2.12 bits per heavy atom. The first kappa shape index (κ1) is 17.8. The molecule has 1 aromatic rings. The molecule has 24 heavy (non-hydrogen) atoms. The maximum atomic E-state index is 11.6. The van der Waals surface area contributed by atoms with E-state index in [2.05, 4.69) is 23.9 Å². The number of rotatable bonds is 6. The summed E-state index contributed by atoms with van der Waals surface area (Å²) in [5.41, 5.74) is 0.00751. The summed E-state index contributed by atoms with van der Waals surface area (Å²) in [6, 6.07) is 3.91. The fourth-order valence-electron chi connectivity index (χ4n) is 4.47. The lowest BCUT2D eigenvalue weighted by molar-refractivity contribution is -0.131. The summed E-state index contributed by atoms with van der Waals surface area (Å²) >= 11 is 0. The molecule has 1 saturated heterocycles. The normalized spacial score (nSPS) is 28.8. The minimum absolute atomic E-state index is 0.221. The Labute approximate surface area is 146 Å². The molecule has 0 spiro atoms. The molecule has 1 aliphatic carbocycles. The van der Waals surface area contributed by atoms with Gasteiger partial charge in [0.25, 0.3) is 0 Å². The number of pyridine rings is 1. The Morgan fingerprint density at radius 3 is 2.79 bits per heavy atom. The van der Waals surface area contributed by atoms with Crippen LogP contribution in [0.15, 0.2) is 24.5 Å². The molecule has 0 radical (unpaired) electrons. The first-order valence-electron chi connectivity index (χ1n) is 9.56. The SMILES string of the molecule is CCC1CCN(C)CC1OCC(O)(c1cccnc1)C1CCCC1. The second-order valence-electron chi connectivity index (χ2n) is 7.72. The molecule has 4 heteroatoms. The van der Waals surface area contributed by atoms with Crippen molar-refractivity contribution in [3.63, 3.8) is 0 Å². The Hall–Kier alpha value is -0.970. The standard InChI is InChI=1S/C20H32N2O2/c1-3-16-10-12-22(2)14-19(16)24-15-20(23,17-7-4-5-8-17)18-9-6-11-21-13-18/h6,9,11,13,16-17,19,23H,3-5,7-8,10,12,14-15H2,1-2H3. The van der Waals surface area contributed by atoms with Crippen LogP contribution >= 0.6 is 0 Å². The largest absolute Gasteiger partial charge is 0.382 e. The van der Waals surface area contributed by atoms with Gasteiger partial charge >= 0.3 is 0 Å². The van der Waals surface area contributed by atoms with Crippen LogP contribution in [-0.2, 0) is 10.3 Å². The second kappa shape index (κ2) is 7.94. The van der Waals surface area contributed by atoms with Crippen molar-refractivity contribution in [1.29, 1.82) is 0 Å². The van der Waals surface area contributed by atoms with E-state index in [-0.39, 0.29) is 12.0 Å². The van der Waals surface area contributed by atoms with Gasteiger partial charge in [0.2, 0.25) is 0 Å². The zero-order valence-corrected chi connectivity index (χ0v) is 15.2. The van der Waals surface area contributed by atoms with E-state index >= 15 is 0 Å². The highest BCUT2D eigenvalue weighted by Gasteiger charge is 2.41. The number of likely N-dealkylation sites (N-methyl/N-ethyl adjacent to an activating group) is 1. The fraction of sp³-hybridized carbons (Fsp3) is 0.750. The van der Waals surface area contributed by atoms with Gasteiger partial charge in [0.05, 0.1) is 12.7 Å². The van der Waals surface area contributed by atoms with Crippen molar-refractivity contribution in [2.45, 2.75) is 57.2 Å². The zero-order chi connectivity index (χ0) is 17.0. The zero-order valence-electron chi connectivity index (χ0n) is 15.2. The molecule has 2 heterocycles. The molecular formula is C20H32N2O2. The monoisotopic (exact) mass is 332 g/mol. The number of nitrogens with zero attached hydrogens (tertiary/aromatic N) is 2. The van der Waals surface area contributed by atoms with Gasteiger partial charge < -0.3 is 14.7 Å². The molecule has 3 unspecified atom stereocenters.